The van der Waals surface area contributed by atoms with Crippen LogP contribution in [0.5, 0.6) is 0 Å². The first-order valence-corrected chi connectivity index (χ1v) is 9.54. The molecule has 1 aliphatic rings. The summed E-state index contributed by atoms with van der Waals surface area (Å²) in [7, 11) is 1.60. The summed E-state index contributed by atoms with van der Waals surface area (Å²) in [5, 5.41) is 9.05. The number of nitrogens with two attached hydrogens (primary N) is 1. The topological polar surface area (TPSA) is 99.4 Å². The second-order valence-corrected chi connectivity index (χ2v) is 9.02. The average molecular weight is 383 g/mol. The molecule has 1 aromatic heterocycles. The fourth-order valence-electron chi connectivity index (χ4n) is 3.98. The Labute approximate surface area is 165 Å². The number of fused-ring (bicyclic) bond motifs is 1. The fourth-order valence-corrected chi connectivity index (χ4v) is 3.98. The van der Waals surface area contributed by atoms with E-state index in [0.717, 1.165) is 18.4 Å². The Morgan fingerprint density at radius 3 is 2.29 bits per heavy atom. The van der Waals surface area contributed by atoms with Crippen LogP contribution in [0.4, 0.5) is 5.69 Å². The van der Waals surface area contributed by atoms with E-state index < -0.39 is 12.0 Å². The number of rotatable bonds is 4. The summed E-state index contributed by atoms with van der Waals surface area (Å²) in [6.07, 6.45) is 3.70. The number of nitrogens with one attached hydrogen (secondary N) is 1. The van der Waals surface area contributed by atoms with Crippen LogP contribution < -0.4 is 10.6 Å². The number of aromatic amines is 1. The number of hydrogen-bond donors (Lipinski definition) is 3. The number of nitrogens with zero attached hydrogens (tertiary/aromatic N) is 1. The zero-order valence-corrected chi connectivity index (χ0v) is 17.2. The molecule has 1 amide bonds. The number of H-pyrrole nitrogens is 1. The average Bonchev–Trinajstić information content (AvgIpc) is 3.14. The minimum Gasteiger partial charge on any atom is -0.477 e. The smallest absolute Gasteiger partial charge is 0.352 e. The van der Waals surface area contributed by atoms with Gasteiger partial charge in [0, 0.05) is 13.2 Å². The van der Waals surface area contributed by atoms with Gasteiger partial charge in [0.15, 0.2) is 0 Å². The minimum absolute atomic E-state index is 0.0287. The molecule has 0 fully saturated rings. The standard InChI is InChI=1S/C22H29N3O3/c1-21(2)8-9-22(3,4)16-10-13(6-7-15(16)21)18(23)19(26)25(5)14-11-17(20(27)28)24-12-14/h6-7,10-12,18,24H,8-9,23H2,1-5H3,(H,27,28). The number of likely N-dealkylation sites (N-methyl/N-ethyl adjacent to an activating group) is 1. The van der Waals surface area contributed by atoms with Crippen molar-refractivity contribution in [2.45, 2.75) is 57.4 Å². The number of aromatic carboxylic acids is 1. The highest BCUT2D eigenvalue weighted by Gasteiger charge is 2.37. The molecule has 150 valence electrons. The molecule has 3 rings (SSSR count). The second kappa shape index (κ2) is 6.78. The van der Waals surface area contributed by atoms with Gasteiger partial charge in [0.2, 0.25) is 5.91 Å². The zero-order valence-electron chi connectivity index (χ0n) is 17.2. The van der Waals surface area contributed by atoms with Crippen LogP contribution in [0.3, 0.4) is 0 Å². The van der Waals surface area contributed by atoms with Crippen molar-refractivity contribution in [2.24, 2.45) is 5.73 Å². The molecule has 0 spiro atoms. The van der Waals surface area contributed by atoms with Gasteiger partial charge in [0.1, 0.15) is 11.7 Å². The van der Waals surface area contributed by atoms with Gasteiger partial charge in [-0.05, 0) is 46.4 Å². The van der Waals surface area contributed by atoms with Crippen LogP contribution in [0, 0.1) is 0 Å². The van der Waals surface area contributed by atoms with Gasteiger partial charge in [-0.15, -0.1) is 0 Å². The Morgan fingerprint density at radius 1 is 1.11 bits per heavy atom. The molecule has 6 heteroatoms. The molecule has 0 bridgehead atoms. The van der Waals surface area contributed by atoms with E-state index in [1.165, 1.54) is 28.3 Å². The van der Waals surface area contributed by atoms with Gasteiger partial charge in [0.25, 0.3) is 0 Å². The number of anilines is 1. The van der Waals surface area contributed by atoms with E-state index in [4.69, 9.17) is 10.8 Å². The molecule has 28 heavy (non-hydrogen) atoms. The Hall–Kier alpha value is -2.60. The van der Waals surface area contributed by atoms with Crippen LogP contribution in [0.2, 0.25) is 0 Å². The quantitative estimate of drug-likeness (QED) is 0.749. The third kappa shape index (κ3) is 3.44. The largest absolute Gasteiger partial charge is 0.477 e. The lowest BCUT2D eigenvalue weighted by atomic mass is 9.63. The summed E-state index contributed by atoms with van der Waals surface area (Å²) in [6, 6.07) is 6.73. The third-order valence-electron chi connectivity index (χ3n) is 6.12. The first-order chi connectivity index (χ1) is 12.9. The highest BCUT2D eigenvalue weighted by atomic mass is 16.4. The van der Waals surface area contributed by atoms with Gasteiger partial charge in [-0.2, -0.15) is 0 Å². The summed E-state index contributed by atoms with van der Waals surface area (Å²) < 4.78 is 0. The summed E-state index contributed by atoms with van der Waals surface area (Å²) in [4.78, 5) is 28.0. The van der Waals surface area contributed by atoms with Gasteiger partial charge in [0.05, 0.1) is 5.69 Å². The lowest BCUT2D eigenvalue weighted by Crippen LogP contribution is -2.37. The number of benzene rings is 1. The van der Waals surface area contributed by atoms with Gasteiger partial charge in [-0.25, -0.2) is 4.79 Å². The van der Waals surface area contributed by atoms with E-state index in [1.807, 2.05) is 6.07 Å². The molecular weight excluding hydrogens is 354 g/mol. The van der Waals surface area contributed by atoms with Gasteiger partial charge in [-0.1, -0.05) is 45.9 Å². The first kappa shape index (κ1) is 20.1. The Morgan fingerprint density at radius 2 is 1.71 bits per heavy atom. The van der Waals surface area contributed by atoms with Crippen molar-refractivity contribution >= 4 is 17.6 Å². The van der Waals surface area contributed by atoms with Crippen LogP contribution in [-0.2, 0) is 15.6 Å². The predicted molar refractivity (Wildman–Crippen MR) is 110 cm³/mol. The number of amides is 1. The SMILES string of the molecule is CN(C(=O)C(N)c1ccc2c(c1)C(C)(C)CCC2(C)C)c1c[nH]c(C(=O)O)c1. The van der Waals surface area contributed by atoms with Gasteiger partial charge in [-0.3, -0.25) is 4.79 Å². The fraction of sp³-hybridized carbons (Fsp3) is 0.455. The number of carbonyl (C=O) groups is 2. The maximum atomic E-state index is 12.9. The van der Waals surface area contributed by atoms with Crippen molar-refractivity contribution in [1.29, 1.82) is 0 Å². The normalized spacial score (nSPS) is 18.2. The monoisotopic (exact) mass is 383 g/mol. The number of aromatic nitrogens is 1. The van der Waals surface area contributed by atoms with Crippen LogP contribution in [-0.4, -0.2) is 29.0 Å². The predicted octanol–water partition coefficient (Wildman–Crippen LogP) is 3.72. The van der Waals surface area contributed by atoms with Crippen LogP contribution in [0.25, 0.3) is 0 Å². The van der Waals surface area contributed by atoms with E-state index >= 15 is 0 Å². The van der Waals surface area contributed by atoms with Crippen LogP contribution in [0.1, 0.15) is 73.8 Å². The lowest BCUT2D eigenvalue weighted by Gasteiger charge is -2.42. The highest BCUT2D eigenvalue weighted by molar-refractivity contribution is 5.98. The molecule has 0 saturated carbocycles. The summed E-state index contributed by atoms with van der Waals surface area (Å²) in [5.74, 6) is -1.36. The Bertz CT molecular complexity index is 927. The van der Waals surface area contributed by atoms with E-state index in [2.05, 4.69) is 44.8 Å². The van der Waals surface area contributed by atoms with Crippen molar-refractivity contribution in [3.63, 3.8) is 0 Å². The van der Waals surface area contributed by atoms with E-state index in [9.17, 15) is 9.59 Å². The minimum atomic E-state index is -1.07. The van der Waals surface area contributed by atoms with Crippen LogP contribution >= 0.6 is 0 Å². The zero-order chi connectivity index (χ0) is 20.9. The maximum Gasteiger partial charge on any atom is 0.352 e. The molecule has 1 aromatic carbocycles. The molecular formula is C22H29N3O3. The first-order valence-electron chi connectivity index (χ1n) is 9.54. The summed E-state index contributed by atoms with van der Waals surface area (Å²) >= 11 is 0. The third-order valence-corrected chi connectivity index (χ3v) is 6.12. The van der Waals surface area contributed by atoms with Crippen molar-refractivity contribution in [3.8, 4) is 0 Å². The molecule has 0 aliphatic heterocycles. The number of hydrogen-bond acceptors (Lipinski definition) is 3. The summed E-state index contributed by atoms with van der Waals surface area (Å²) in [6.45, 7) is 8.98. The van der Waals surface area contributed by atoms with E-state index in [1.54, 1.807) is 7.05 Å². The maximum absolute atomic E-state index is 12.9. The molecule has 0 radical (unpaired) electrons. The summed E-state index contributed by atoms with van der Waals surface area (Å²) in [5.41, 5.74) is 10.3. The number of carboxylic acids is 1. The highest BCUT2D eigenvalue weighted by Crippen LogP contribution is 2.46. The molecule has 1 heterocycles. The molecule has 2 aromatic rings. The van der Waals surface area contributed by atoms with E-state index in [0.29, 0.717) is 5.69 Å². The van der Waals surface area contributed by atoms with Crippen LogP contribution in [0.15, 0.2) is 30.5 Å². The van der Waals surface area contributed by atoms with Crippen molar-refractivity contribution in [2.75, 3.05) is 11.9 Å². The lowest BCUT2D eigenvalue weighted by molar-refractivity contribution is -0.119. The molecule has 0 saturated heterocycles. The van der Waals surface area contributed by atoms with Crippen molar-refractivity contribution in [1.82, 2.24) is 4.98 Å². The number of carboxylic acid groups (broad SMARTS) is 1. The van der Waals surface area contributed by atoms with E-state index in [-0.39, 0.29) is 22.4 Å². The molecule has 1 unspecified atom stereocenters. The molecule has 6 nitrogen and oxygen atoms in total. The molecule has 4 N–H and O–H groups in total. The van der Waals surface area contributed by atoms with Gasteiger partial charge < -0.3 is 20.7 Å². The van der Waals surface area contributed by atoms with Crippen molar-refractivity contribution < 1.29 is 14.7 Å². The molecule has 1 atom stereocenters. The van der Waals surface area contributed by atoms with Gasteiger partial charge >= 0.3 is 5.97 Å². The second-order valence-electron chi connectivity index (χ2n) is 9.02. The molecule has 1 aliphatic carbocycles. The van der Waals surface area contributed by atoms with Crippen molar-refractivity contribution in [3.05, 3.63) is 52.8 Å². The Kier molecular flexibility index (Phi) is 4.88. The Balaban J connectivity index is 1.91. The number of carbonyl (C=O) groups excluding carboxylic acids is 1.